The number of amides is 2. The lowest BCUT2D eigenvalue weighted by atomic mass is 9.78. The fraction of sp³-hybridized carbons (Fsp3) is 0.565. The summed E-state index contributed by atoms with van der Waals surface area (Å²) in [5.41, 5.74) is 8.32. The van der Waals surface area contributed by atoms with Gasteiger partial charge in [0.2, 0.25) is 11.8 Å². The van der Waals surface area contributed by atoms with Crippen molar-refractivity contribution in [3.8, 4) is 0 Å². The number of aryl methyl sites for hydroxylation is 1. The number of H-pyrrole nitrogens is 1. The van der Waals surface area contributed by atoms with Crippen molar-refractivity contribution in [3.63, 3.8) is 0 Å². The average Bonchev–Trinajstić information content (AvgIpc) is 3.02. The highest BCUT2D eigenvalue weighted by molar-refractivity contribution is 5.93. The van der Waals surface area contributed by atoms with Crippen molar-refractivity contribution in [2.24, 2.45) is 17.6 Å². The summed E-state index contributed by atoms with van der Waals surface area (Å²) in [5.74, 6) is -0.135. The lowest BCUT2D eigenvalue weighted by Crippen LogP contribution is -2.63. The second-order valence-electron chi connectivity index (χ2n) is 9.09. The van der Waals surface area contributed by atoms with Gasteiger partial charge in [0, 0.05) is 23.0 Å². The Bertz CT molecular complexity index is 886. The molecule has 2 amide bonds. The van der Waals surface area contributed by atoms with Crippen LogP contribution in [0.2, 0.25) is 0 Å². The van der Waals surface area contributed by atoms with E-state index in [1.165, 1.54) is 16.6 Å². The van der Waals surface area contributed by atoms with Gasteiger partial charge in [0.25, 0.3) is 0 Å². The summed E-state index contributed by atoms with van der Waals surface area (Å²) in [7, 11) is 0. The van der Waals surface area contributed by atoms with Gasteiger partial charge >= 0.3 is 0 Å². The van der Waals surface area contributed by atoms with E-state index in [1.807, 2.05) is 26.0 Å². The maximum absolute atomic E-state index is 13.5. The van der Waals surface area contributed by atoms with Crippen LogP contribution in [0.25, 0.3) is 10.9 Å². The zero-order valence-corrected chi connectivity index (χ0v) is 18.0. The third kappa shape index (κ3) is 4.47. The van der Waals surface area contributed by atoms with Crippen molar-refractivity contribution in [2.45, 2.75) is 65.0 Å². The van der Waals surface area contributed by atoms with Crippen LogP contribution >= 0.6 is 0 Å². The summed E-state index contributed by atoms with van der Waals surface area (Å²) in [6, 6.07) is 7.55. The number of carbonyl (C=O) groups excluding carboxylic acids is 2. The molecule has 3 rings (SSSR count). The Morgan fingerprint density at radius 2 is 1.93 bits per heavy atom. The first kappa shape index (κ1) is 21.4. The standard InChI is InChI=1S/C23H34N4O2/c1-14(2)10-12-25-23(22(29)27-20(15(3)4)21(24)28)11-9-19-17(13-23)16-7-5-6-8-18(16)26-19/h5-8,14-15,20,25-26H,9-13H2,1-4H3,(H2,24,28)(H,27,29)/t20-,23-/m0/s1. The van der Waals surface area contributed by atoms with Crippen LogP contribution in [-0.4, -0.2) is 34.9 Å². The molecule has 1 aromatic carbocycles. The highest BCUT2D eigenvalue weighted by Gasteiger charge is 2.43. The van der Waals surface area contributed by atoms with Crippen LogP contribution in [0.5, 0.6) is 0 Å². The Balaban J connectivity index is 1.92. The Morgan fingerprint density at radius 3 is 2.59 bits per heavy atom. The maximum atomic E-state index is 13.5. The molecule has 2 aromatic rings. The Labute approximate surface area is 173 Å². The van der Waals surface area contributed by atoms with Crippen molar-refractivity contribution in [3.05, 3.63) is 35.5 Å². The fourth-order valence-corrected chi connectivity index (χ4v) is 4.27. The molecule has 0 bridgehead atoms. The minimum Gasteiger partial charge on any atom is -0.368 e. The van der Waals surface area contributed by atoms with E-state index in [4.69, 9.17) is 5.73 Å². The molecule has 2 atom stereocenters. The molecule has 0 saturated heterocycles. The molecular weight excluding hydrogens is 364 g/mol. The van der Waals surface area contributed by atoms with E-state index in [0.29, 0.717) is 18.8 Å². The summed E-state index contributed by atoms with van der Waals surface area (Å²) in [4.78, 5) is 28.9. The molecule has 0 radical (unpaired) electrons. The molecule has 158 valence electrons. The first-order valence-electron chi connectivity index (χ1n) is 10.7. The van der Waals surface area contributed by atoms with E-state index in [1.54, 1.807) is 0 Å². The summed E-state index contributed by atoms with van der Waals surface area (Å²) < 4.78 is 0. The van der Waals surface area contributed by atoms with Crippen molar-refractivity contribution in [2.75, 3.05) is 6.54 Å². The Kier molecular flexibility index (Phi) is 6.32. The molecule has 0 unspecified atom stereocenters. The molecule has 0 spiro atoms. The number of benzene rings is 1. The number of aromatic amines is 1. The minimum absolute atomic E-state index is 0.0589. The molecular formula is C23H34N4O2. The lowest BCUT2D eigenvalue weighted by molar-refractivity contribution is -0.133. The van der Waals surface area contributed by atoms with Gasteiger partial charge in [0.05, 0.1) is 0 Å². The molecule has 29 heavy (non-hydrogen) atoms. The van der Waals surface area contributed by atoms with Crippen LogP contribution in [0, 0.1) is 11.8 Å². The summed E-state index contributed by atoms with van der Waals surface area (Å²) in [5, 5.41) is 7.68. The third-order valence-electron chi connectivity index (χ3n) is 6.06. The molecule has 0 aliphatic heterocycles. The van der Waals surface area contributed by atoms with Crippen molar-refractivity contribution in [1.82, 2.24) is 15.6 Å². The highest BCUT2D eigenvalue weighted by Crippen LogP contribution is 2.34. The summed E-state index contributed by atoms with van der Waals surface area (Å²) in [6.07, 6.45) is 3.05. The SMILES string of the molecule is CC(C)CCN[C@@]1(C(=O)N[C@H](C(N)=O)C(C)C)CCc2[nH]c3ccccc3c2C1. The minimum atomic E-state index is -0.741. The molecule has 0 saturated carbocycles. The average molecular weight is 399 g/mol. The van der Waals surface area contributed by atoms with Gasteiger partial charge in [-0.15, -0.1) is 0 Å². The third-order valence-corrected chi connectivity index (χ3v) is 6.06. The van der Waals surface area contributed by atoms with Crippen LogP contribution in [0.15, 0.2) is 24.3 Å². The number of hydrogen-bond acceptors (Lipinski definition) is 3. The second kappa shape index (κ2) is 8.57. The number of para-hydroxylation sites is 1. The predicted octanol–water partition coefficient (Wildman–Crippen LogP) is 2.66. The number of nitrogens with one attached hydrogen (secondary N) is 3. The number of rotatable bonds is 8. The van der Waals surface area contributed by atoms with Gasteiger partial charge in [-0.1, -0.05) is 45.9 Å². The maximum Gasteiger partial charge on any atom is 0.241 e. The smallest absolute Gasteiger partial charge is 0.241 e. The van der Waals surface area contributed by atoms with Gasteiger partial charge in [0.15, 0.2) is 0 Å². The van der Waals surface area contributed by atoms with Crippen LogP contribution in [-0.2, 0) is 22.4 Å². The molecule has 1 heterocycles. The lowest BCUT2D eigenvalue weighted by Gasteiger charge is -2.38. The molecule has 1 aromatic heterocycles. The topological polar surface area (TPSA) is 100 Å². The zero-order valence-electron chi connectivity index (χ0n) is 18.0. The normalized spacial score (nSPS) is 20.1. The second-order valence-corrected chi connectivity index (χ2v) is 9.09. The molecule has 6 heteroatoms. The van der Waals surface area contributed by atoms with Gasteiger partial charge in [-0.25, -0.2) is 0 Å². The monoisotopic (exact) mass is 398 g/mol. The van der Waals surface area contributed by atoms with Gasteiger partial charge in [0.1, 0.15) is 11.6 Å². The first-order valence-corrected chi connectivity index (χ1v) is 10.7. The summed E-state index contributed by atoms with van der Waals surface area (Å²) >= 11 is 0. The van der Waals surface area contributed by atoms with E-state index in [9.17, 15) is 9.59 Å². The van der Waals surface area contributed by atoms with Gasteiger partial charge < -0.3 is 21.4 Å². The number of fused-ring (bicyclic) bond motifs is 3. The van der Waals surface area contributed by atoms with Gasteiger partial charge in [-0.2, -0.15) is 0 Å². The highest BCUT2D eigenvalue weighted by atomic mass is 16.2. The summed E-state index contributed by atoms with van der Waals surface area (Å²) in [6.45, 7) is 8.90. The number of carbonyl (C=O) groups is 2. The number of primary amides is 1. The van der Waals surface area contributed by atoms with Crippen molar-refractivity contribution in [1.29, 1.82) is 0 Å². The van der Waals surface area contributed by atoms with Crippen LogP contribution in [0.1, 0.15) is 51.8 Å². The Hall–Kier alpha value is -2.34. The molecule has 1 aliphatic carbocycles. The van der Waals surface area contributed by atoms with Crippen molar-refractivity contribution >= 4 is 22.7 Å². The zero-order chi connectivity index (χ0) is 21.2. The molecule has 1 aliphatic rings. The molecule has 5 N–H and O–H groups in total. The number of hydrogen-bond donors (Lipinski definition) is 4. The van der Waals surface area contributed by atoms with Crippen LogP contribution in [0.4, 0.5) is 0 Å². The van der Waals surface area contributed by atoms with Crippen LogP contribution in [0.3, 0.4) is 0 Å². The number of aromatic nitrogens is 1. The van der Waals surface area contributed by atoms with E-state index >= 15 is 0 Å². The van der Waals surface area contributed by atoms with E-state index in [2.05, 4.69) is 41.6 Å². The van der Waals surface area contributed by atoms with Crippen LogP contribution < -0.4 is 16.4 Å². The molecule has 6 nitrogen and oxygen atoms in total. The quantitative estimate of drug-likeness (QED) is 0.550. The largest absolute Gasteiger partial charge is 0.368 e. The van der Waals surface area contributed by atoms with E-state index in [-0.39, 0.29) is 11.8 Å². The Morgan fingerprint density at radius 1 is 1.21 bits per heavy atom. The fourth-order valence-electron chi connectivity index (χ4n) is 4.27. The van der Waals surface area contributed by atoms with Gasteiger partial charge in [-0.05, 0) is 49.3 Å². The first-order chi connectivity index (χ1) is 13.7. The van der Waals surface area contributed by atoms with Gasteiger partial charge in [-0.3, -0.25) is 9.59 Å². The number of nitrogens with two attached hydrogens (primary N) is 1. The van der Waals surface area contributed by atoms with E-state index < -0.39 is 17.5 Å². The molecule has 0 fully saturated rings. The predicted molar refractivity (Wildman–Crippen MR) is 116 cm³/mol. The van der Waals surface area contributed by atoms with Crippen molar-refractivity contribution < 1.29 is 9.59 Å². The van der Waals surface area contributed by atoms with E-state index in [0.717, 1.165) is 24.9 Å².